The Labute approximate surface area is 61.5 Å². The number of alkyl halides is 3. The van der Waals surface area contributed by atoms with Crippen LogP contribution in [0.2, 0.25) is 0 Å². The van der Waals surface area contributed by atoms with Crippen molar-refractivity contribution in [3.63, 3.8) is 0 Å². The highest BCUT2D eigenvalue weighted by Crippen LogP contribution is 2.22. The van der Waals surface area contributed by atoms with Crippen molar-refractivity contribution in [1.29, 1.82) is 0 Å². The molecule has 0 heterocycles. The SMILES string of the molecule is FC(F)(F)OC1=C=CC=CC1. The Hall–Kier alpha value is -1.15. The summed E-state index contributed by atoms with van der Waals surface area (Å²) in [5.74, 6) is -0.194. The lowest BCUT2D eigenvalue weighted by Crippen LogP contribution is -2.12. The number of hydrogen-bond donors (Lipinski definition) is 0. The molecule has 1 nitrogen and oxygen atoms in total. The lowest BCUT2D eigenvalue weighted by Gasteiger charge is -2.09. The number of hydrogen-bond acceptors (Lipinski definition) is 1. The van der Waals surface area contributed by atoms with E-state index in [4.69, 9.17) is 0 Å². The van der Waals surface area contributed by atoms with Gasteiger partial charge in [0.05, 0.1) is 0 Å². The van der Waals surface area contributed by atoms with Gasteiger partial charge in [0.25, 0.3) is 0 Å². The monoisotopic (exact) mass is 162 g/mol. The third-order valence-corrected chi connectivity index (χ3v) is 1.02. The van der Waals surface area contributed by atoms with Crippen molar-refractivity contribution in [3.05, 3.63) is 29.7 Å². The summed E-state index contributed by atoms with van der Waals surface area (Å²) in [7, 11) is 0. The van der Waals surface area contributed by atoms with Crippen molar-refractivity contribution in [2.45, 2.75) is 12.8 Å². The summed E-state index contributed by atoms with van der Waals surface area (Å²) in [6, 6.07) is 0. The Morgan fingerprint density at radius 3 is 2.64 bits per heavy atom. The molecule has 0 aliphatic heterocycles. The van der Waals surface area contributed by atoms with Crippen LogP contribution in [0.15, 0.2) is 29.7 Å². The normalized spacial score (nSPS) is 16.5. The van der Waals surface area contributed by atoms with Gasteiger partial charge in [-0.1, -0.05) is 17.9 Å². The predicted molar refractivity (Wildman–Crippen MR) is 32.5 cm³/mol. The second-order valence-corrected chi connectivity index (χ2v) is 1.91. The van der Waals surface area contributed by atoms with Crippen molar-refractivity contribution >= 4 is 0 Å². The number of rotatable bonds is 1. The first-order valence-corrected chi connectivity index (χ1v) is 2.94. The summed E-state index contributed by atoms with van der Waals surface area (Å²) in [5, 5.41) is 0. The second kappa shape index (κ2) is 2.84. The van der Waals surface area contributed by atoms with Crippen LogP contribution in [0.4, 0.5) is 13.2 Å². The predicted octanol–water partition coefficient (Wildman–Crippen LogP) is 2.52. The number of ether oxygens (including phenoxy) is 1. The number of halogens is 3. The van der Waals surface area contributed by atoms with E-state index < -0.39 is 6.36 Å². The van der Waals surface area contributed by atoms with Gasteiger partial charge in [-0.2, -0.15) is 0 Å². The van der Waals surface area contributed by atoms with Gasteiger partial charge in [-0.3, -0.25) is 0 Å². The topological polar surface area (TPSA) is 9.23 Å². The van der Waals surface area contributed by atoms with Crippen LogP contribution < -0.4 is 0 Å². The Kier molecular flexibility index (Phi) is 2.06. The number of allylic oxidation sites excluding steroid dienone is 2. The van der Waals surface area contributed by atoms with Gasteiger partial charge >= 0.3 is 6.36 Å². The van der Waals surface area contributed by atoms with Gasteiger partial charge in [0.2, 0.25) is 0 Å². The molecule has 0 bridgehead atoms. The van der Waals surface area contributed by atoms with Crippen LogP contribution >= 0.6 is 0 Å². The van der Waals surface area contributed by atoms with Crippen LogP contribution in [0.25, 0.3) is 0 Å². The standard InChI is InChI=1S/C7H5F3O/c8-7(9,10)11-6-4-2-1-3-5-6/h1-3H,4H2. The van der Waals surface area contributed by atoms with Crippen LogP contribution in [-0.2, 0) is 4.74 Å². The van der Waals surface area contributed by atoms with Crippen molar-refractivity contribution in [1.82, 2.24) is 0 Å². The van der Waals surface area contributed by atoms with E-state index in [1.165, 1.54) is 6.08 Å². The first-order valence-electron chi connectivity index (χ1n) is 2.94. The average molecular weight is 162 g/mol. The molecule has 1 rings (SSSR count). The Bertz CT molecular complexity index is 231. The molecule has 11 heavy (non-hydrogen) atoms. The van der Waals surface area contributed by atoms with Gasteiger partial charge in [-0.15, -0.1) is 13.2 Å². The molecule has 0 amide bonds. The highest BCUT2D eigenvalue weighted by Gasteiger charge is 2.31. The molecule has 0 atom stereocenters. The smallest absolute Gasteiger partial charge is 0.402 e. The fraction of sp³-hybridized carbons (Fsp3) is 0.286. The van der Waals surface area contributed by atoms with E-state index in [0.717, 1.165) is 0 Å². The van der Waals surface area contributed by atoms with Gasteiger partial charge in [0.15, 0.2) is 5.76 Å². The maximum Gasteiger partial charge on any atom is 0.573 e. The highest BCUT2D eigenvalue weighted by molar-refractivity contribution is 5.14. The quantitative estimate of drug-likeness (QED) is 0.538. The molecule has 4 heteroatoms. The van der Waals surface area contributed by atoms with E-state index in [1.807, 2.05) is 0 Å². The van der Waals surface area contributed by atoms with Crippen LogP contribution in [0, 0.1) is 0 Å². The average Bonchev–Trinajstić information content (AvgIpc) is 1.85. The lowest BCUT2D eigenvalue weighted by atomic mass is 10.2. The van der Waals surface area contributed by atoms with Crippen molar-refractivity contribution in [2.75, 3.05) is 0 Å². The van der Waals surface area contributed by atoms with Crippen molar-refractivity contribution in [3.8, 4) is 0 Å². The van der Waals surface area contributed by atoms with Gasteiger partial charge in [0, 0.05) is 6.42 Å². The Balaban J connectivity index is 2.58. The largest absolute Gasteiger partial charge is 0.573 e. The summed E-state index contributed by atoms with van der Waals surface area (Å²) < 4.78 is 38.2. The van der Waals surface area contributed by atoms with E-state index in [-0.39, 0.29) is 12.2 Å². The second-order valence-electron chi connectivity index (χ2n) is 1.91. The molecule has 0 saturated heterocycles. The molecule has 1 aliphatic rings. The minimum absolute atomic E-state index is 0.149. The Morgan fingerprint density at radius 2 is 2.18 bits per heavy atom. The first-order chi connectivity index (χ1) is 5.08. The molecule has 0 aromatic heterocycles. The van der Waals surface area contributed by atoms with E-state index in [1.54, 1.807) is 12.2 Å². The van der Waals surface area contributed by atoms with Gasteiger partial charge < -0.3 is 4.74 Å². The first kappa shape index (κ1) is 7.95. The molecular formula is C7H5F3O. The molecule has 1 aliphatic carbocycles. The maximum atomic E-state index is 11.5. The molecule has 0 aromatic carbocycles. The molecule has 0 unspecified atom stereocenters. The van der Waals surface area contributed by atoms with E-state index >= 15 is 0 Å². The van der Waals surface area contributed by atoms with E-state index in [9.17, 15) is 13.2 Å². The van der Waals surface area contributed by atoms with Gasteiger partial charge in [-0.25, -0.2) is 0 Å². The maximum absolute atomic E-state index is 11.5. The molecular weight excluding hydrogens is 157 g/mol. The molecule has 0 aromatic rings. The van der Waals surface area contributed by atoms with Crippen LogP contribution in [0.3, 0.4) is 0 Å². The zero-order chi connectivity index (χ0) is 8.32. The highest BCUT2D eigenvalue weighted by atomic mass is 19.4. The molecule has 0 saturated carbocycles. The van der Waals surface area contributed by atoms with Crippen molar-refractivity contribution in [2.24, 2.45) is 0 Å². The summed E-state index contributed by atoms with van der Waals surface area (Å²) >= 11 is 0. The van der Waals surface area contributed by atoms with Gasteiger partial charge in [0.1, 0.15) is 0 Å². The third-order valence-electron chi connectivity index (χ3n) is 1.02. The summed E-state index contributed by atoms with van der Waals surface area (Å²) in [5.41, 5.74) is 2.34. The summed E-state index contributed by atoms with van der Waals surface area (Å²) in [4.78, 5) is 0. The van der Waals surface area contributed by atoms with Gasteiger partial charge in [-0.05, 0) is 6.08 Å². The van der Waals surface area contributed by atoms with E-state index in [0.29, 0.717) is 0 Å². The minimum Gasteiger partial charge on any atom is -0.402 e. The third kappa shape index (κ3) is 2.96. The minimum atomic E-state index is -4.60. The van der Waals surface area contributed by atoms with Crippen molar-refractivity contribution < 1.29 is 17.9 Å². The van der Waals surface area contributed by atoms with Crippen LogP contribution in [0.5, 0.6) is 0 Å². The van der Waals surface area contributed by atoms with E-state index in [2.05, 4.69) is 10.5 Å². The molecule has 0 radical (unpaired) electrons. The summed E-state index contributed by atoms with van der Waals surface area (Å²) in [6.07, 6.45) is 0.114. The van der Waals surface area contributed by atoms with Crippen LogP contribution in [-0.4, -0.2) is 6.36 Å². The lowest BCUT2D eigenvalue weighted by molar-refractivity contribution is -0.305. The summed E-state index contributed by atoms with van der Waals surface area (Å²) in [6.45, 7) is 0. The zero-order valence-corrected chi connectivity index (χ0v) is 5.48. The zero-order valence-electron chi connectivity index (χ0n) is 5.48. The molecule has 60 valence electrons. The molecule has 0 spiro atoms. The van der Waals surface area contributed by atoms with Crippen LogP contribution in [0.1, 0.15) is 6.42 Å². The fourth-order valence-electron chi connectivity index (χ4n) is 0.654. The Morgan fingerprint density at radius 1 is 1.45 bits per heavy atom. The fourth-order valence-corrected chi connectivity index (χ4v) is 0.654. The molecule has 0 N–H and O–H groups in total. The molecule has 0 fully saturated rings.